The summed E-state index contributed by atoms with van der Waals surface area (Å²) in [4.78, 5) is 10.0. The minimum Gasteiger partial charge on any atom is -0.478 e. The molecule has 0 fully saturated rings. The van der Waals surface area contributed by atoms with Crippen LogP contribution >= 0.6 is 0 Å². The number of halogens is 1. The van der Waals surface area contributed by atoms with Gasteiger partial charge < -0.3 is 9.63 Å². The Bertz CT molecular complexity index is 727. The van der Waals surface area contributed by atoms with Crippen molar-refractivity contribution >= 4 is 16.0 Å². The number of hydrogen-bond acceptors (Lipinski definition) is 5. The fourth-order valence-electron chi connectivity index (χ4n) is 1.42. The van der Waals surface area contributed by atoms with Gasteiger partial charge in [-0.15, -0.1) is 0 Å². The van der Waals surface area contributed by atoms with E-state index in [0.717, 1.165) is 18.2 Å². The van der Waals surface area contributed by atoms with E-state index >= 15 is 0 Å². The van der Waals surface area contributed by atoms with Crippen LogP contribution < -0.4 is 4.72 Å². The van der Waals surface area contributed by atoms with Crippen LogP contribution in [0.25, 0.3) is 0 Å². The summed E-state index contributed by atoms with van der Waals surface area (Å²) in [6.07, 6.45) is 1.33. The molecule has 1 aromatic carbocycles. The van der Waals surface area contributed by atoms with Crippen molar-refractivity contribution in [1.82, 2.24) is 9.88 Å². The highest BCUT2D eigenvalue weighted by Gasteiger charge is 2.21. The van der Waals surface area contributed by atoms with Crippen LogP contribution in [0.15, 0.2) is 39.9 Å². The number of carbonyl (C=O) groups is 1. The van der Waals surface area contributed by atoms with Gasteiger partial charge in [0.25, 0.3) is 0 Å². The molecule has 0 amide bonds. The van der Waals surface area contributed by atoms with E-state index in [1.54, 1.807) is 0 Å². The summed E-state index contributed by atoms with van der Waals surface area (Å²) in [7, 11) is -4.20. The summed E-state index contributed by atoms with van der Waals surface area (Å²) in [5, 5.41) is 12.2. The van der Waals surface area contributed by atoms with Crippen molar-refractivity contribution in [3.8, 4) is 0 Å². The van der Waals surface area contributed by atoms with E-state index in [1.165, 1.54) is 12.3 Å². The average Bonchev–Trinajstić information content (AvgIpc) is 2.89. The first kappa shape index (κ1) is 14.2. The van der Waals surface area contributed by atoms with Crippen molar-refractivity contribution in [3.63, 3.8) is 0 Å². The smallest absolute Gasteiger partial charge is 0.335 e. The molecule has 7 nitrogen and oxygen atoms in total. The summed E-state index contributed by atoms with van der Waals surface area (Å²) < 4.78 is 44.2. The molecule has 1 aromatic heterocycles. The monoisotopic (exact) mass is 300 g/mol. The standard InChI is InChI=1S/C11H9FN2O5S/c12-9-2-1-7(11(15)16)5-10(9)20(17,18)14-6-8-3-4-13-19-8/h1-5,14H,6H2,(H,15,16). The topological polar surface area (TPSA) is 110 Å². The van der Waals surface area contributed by atoms with E-state index in [2.05, 4.69) is 9.88 Å². The minimum absolute atomic E-state index is 0.223. The largest absolute Gasteiger partial charge is 0.478 e. The van der Waals surface area contributed by atoms with Gasteiger partial charge in [-0.25, -0.2) is 22.3 Å². The summed E-state index contributed by atoms with van der Waals surface area (Å²) in [6.45, 7) is -0.223. The van der Waals surface area contributed by atoms with Crippen LogP contribution in [0.3, 0.4) is 0 Å². The van der Waals surface area contributed by atoms with Crippen LogP contribution in [-0.4, -0.2) is 24.7 Å². The molecular formula is C11H9FN2O5S. The van der Waals surface area contributed by atoms with Gasteiger partial charge in [0.1, 0.15) is 10.7 Å². The Hall–Kier alpha value is -2.26. The molecule has 0 saturated heterocycles. The molecule has 0 aliphatic heterocycles. The average molecular weight is 300 g/mol. The predicted molar refractivity (Wildman–Crippen MR) is 63.9 cm³/mol. The van der Waals surface area contributed by atoms with Gasteiger partial charge in [0, 0.05) is 6.07 Å². The van der Waals surface area contributed by atoms with Gasteiger partial charge >= 0.3 is 5.97 Å². The summed E-state index contributed by atoms with van der Waals surface area (Å²) >= 11 is 0. The molecule has 0 bridgehead atoms. The number of carboxylic acid groups (broad SMARTS) is 1. The van der Waals surface area contributed by atoms with Gasteiger partial charge in [-0.2, -0.15) is 0 Å². The number of rotatable bonds is 5. The lowest BCUT2D eigenvalue weighted by atomic mass is 10.2. The molecule has 9 heteroatoms. The molecule has 0 aliphatic rings. The zero-order valence-electron chi connectivity index (χ0n) is 9.91. The number of benzene rings is 1. The van der Waals surface area contributed by atoms with Gasteiger partial charge in [0.15, 0.2) is 5.76 Å². The summed E-state index contributed by atoms with van der Waals surface area (Å²) in [5.74, 6) is -2.15. The number of aromatic carboxylic acids is 1. The van der Waals surface area contributed by atoms with Crippen molar-refractivity contribution in [2.75, 3.05) is 0 Å². The SMILES string of the molecule is O=C(O)c1ccc(F)c(S(=O)(=O)NCc2ccno2)c1. The molecule has 0 aliphatic carbocycles. The highest BCUT2D eigenvalue weighted by Crippen LogP contribution is 2.17. The molecule has 2 rings (SSSR count). The Kier molecular flexibility index (Phi) is 3.81. The molecule has 1 heterocycles. The number of sulfonamides is 1. The Morgan fingerprint density at radius 3 is 2.75 bits per heavy atom. The third-order valence-electron chi connectivity index (χ3n) is 2.40. The van der Waals surface area contributed by atoms with E-state index in [9.17, 15) is 17.6 Å². The maximum Gasteiger partial charge on any atom is 0.335 e. The van der Waals surface area contributed by atoms with Gasteiger partial charge in [0.05, 0.1) is 18.3 Å². The predicted octanol–water partition coefficient (Wildman–Crippen LogP) is 0.990. The van der Waals surface area contributed by atoms with Gasteiger partial charge in [0.2, 0.25) is 10.0 Å². The lowest BCUT2D eigenvalue weighted by molar-refractivity contribution is 0.0696. The molecule has 0 atom stereocenters. The van der Waals surface area contributed by atoms with Crippen molar-refractivity contribution in [2.45, 2.75) is 11.4 Å². The van der Waals surface area contributed by atoms with Crippen LogP contribution in [0.4, 0.5) is 4.39 Å². The van der Waals surface area contributed by atoms with E-state index in [4.69, 9.17) is 9.63 Å². The van der Waals surface area contributed by atoms with Gasteiger partial charge in [-0.1, -0.05) is 5.16 Å². The number of nitrogens with zero attached hydrogens (tertiary/aromatic N) is 1. The van der Waals surface area contributed by atoms with Crippen LogP contribution in [0, 0.1) is 5.82 Å². The Morgan fingerprint density at radius 1 is 1.40 bits per heavy atom. The van der Waals surface area contributed by atoms with Crippen molar-refractivity contribution in [3.05, 3.63) is 47.6 Å². The maximum atomic E-state index is 13.5. The second kappa shape index (κ2) is 5.39. The van der Waals surface area contributed by atoms with Crippen LogP contribution in [0.5, 0.6) is 0 Å². The third kappa shape index (κ3) is 3.00. The number of nitrogens with one attached hydrogen (secondary N) is 1. The molecule has 0 spiro atoms. The van der Waals surface area contributed by atoms with Gasteiger partial charge in [-0.3, -0.25) is 0 Å². The van der Waals surface area contributed by atoms with Crippen LogP contribution in [0.2, 0.25) is 0 Å². The normalized spacial score (nSPS) is 11.4. The molecule has 0 radical (unpaired) electrons. The summed E-state index contributed by atoms with van der Waals surface area (Å²) in [5.41, 5.74) is -0.327. The third-order valence-corrected chi connectivity index (χ3v) is 3.81. The number of carboxylic acids is 1. The molecule has 0 saturated carbocycles. The van der Waals surface area contributed by atoms with Crippen molar-refractivity contribution in [1.29, 1.82) is 0 Å². The first-order chi connectivity index (χ1) is 9.40. The number of aromatic nitrogens is 1. The number of hydrogen-bond donors (Lipinski definition) is 2. The van der Waals surface area contributed by atoms with Crippen molar-refractivity contribution in [2.24, 2.45) is 0 Å². The highest BCUT2D eigenvalue weighted by molar-refractivity contribution is 7.89. The molecule has 2 N–H and O–H groups in total. The quantitative estimate of drug-likeness (QED) is 0.852. The van der Waals surface area contributed by atoms with E-state index in [1.807, 2.05) is 0 Å². The molecular weight excluding hydrogens is 291 g/mol. The van der Waals surface area contributed by atoms with Crippen molar-refractivity contribution < 1.29 is 27.2 Å². The maximum absolute atomic E-state index is 13.5. The lowest BCUT2D eigenvalue weighted by Crippen LogP contribution is -2.24. The fraction of sp³-hybridized carbons (Fsp3) is 0.0909. The molecule has 0 unspecified atom stereocenters. The van der Waals surface area contributed by atoms with Crippen LogP contribution in [-0.2, 0) is 16.6 Å². The minimum atomic E-state index is -4.20. The van der Waals surface area contributed by atoms with E-state index in [0.29, 0.717) is 0 Å². The molecule has 2 aromatic rings. The first-order valence-electron chi connectivity index (χ1n) is 5.32. The zero-order chi connectivity index (χ0) is 14.8. The van der Waals surface area contributed by atoms with E-state index < -0.39 is 26.7 Å². The molecule has 106 valence electrons. The van der Waals surface area contributed by atoms with Gasteiger partial charge in [-0.05, 0) is 18.2 Å². The second-order valence-electron chi connectivity index (χ2n) is 3.75. The Morgan fingerprint density at radius 2 is 2.15 bits per heavy atom. The van der Waals surface area contributed by atoms with E-state index in [-0.39, 0.29) is 17.9 Å². The molecule has 20 heavy (non-hydrogen) atoms. The Labute approximate surface area is 113 Å². The fourth-order valence-corrected chi connectivity index (χ4v) is 2.51. The van der Waals surface area contributed by atoms with Crippen LogP contribution in [0.1, 0.15) is 16.1 Å². The lowest BCUT2D eigenvalue weighted by Gasteiger charge is -2.07. The highest BCUT2D eigenvalue weighted by atomic mass is 32.2. The zero-order valence-corrected chi connectivity index (χ0v) is 10.7. The second-order valence-corrected chi connectivity index (χ2v) is 5.49. The first-order valence-corrected chi connectivity index (χ1v) is 6.80. The Balaban J connectivity index is 2.28. The summed E-state index contributed by atoms with van der Waals surface area (Å²) in [6, 6.07) is 3.95.